The van der Waals surface area contributed by atoms with Crippen LogP contribution in [0.25, 0.3) is 0 Å². The normalized spacial score (nSPS) is 20.3. The number of nitrogens with zero attached hydrogens (tertiary/aromatic N) is 1. The van der Waals surface area contributed by atoms with Crippen LogP contribution >= 0.6 is 0 Å². The molecule has 0 saturated heterocycles. The van der Waals surface area contributed by atoms with Gasteiger partial charge in [-0.1, -0.05) is 30.7 Å². The molecule has 30 heavy (non-hydrogen) atoms. The van der Waals surface area contributed by atoms with Gasteiger partial charge in [-0.2, -0.15) is 0 Å². The number of phenols is 1. The van der Waals surface area contributed by atoms with Gasteiger partial charge in [-0.05, 0) is 61.4 Å². The number of nitrogens with two attached hydrogens (primary N) is 1. The second-order valence-electron chi connectivity index (χ2n) is 8.35. The number of amides is 1. The quantitative estimate of drug-likeness (QED) is 0.500. The average Bonchev–Trinajstić information content (AvgIpc) is 2.97. The van der Waals surface area contributed by atoms with E-state index in [1.807, 2.05) is 6.07 Å². The Labute approximate surface area is 178 Å². The number of carbonyl (C=O) groups is 1. The summed E-state index contributed by atoms with van der Waals surface area (Å²) in [5.74, 6) is -0.200. The van der Waals surface area contributed by atoms with Gasteiger partial charge >= 0.3 is 0 Å². The molecule has 1 fully saturated rings. The first-order valence-electron chi connectivity index (χ1n) is 10.7. The van der Waals surface area contributed by atoms with Crippen LogP contribution in [-0.2, 0) is 0 Å². The highest BCUT2D eigenvalue weighted by atomic mass is 16.3. The molecule has 1 aliphatic rings. The van der Waals surface area contributed by atoms with Crippen molar-refractivity contribution in [3.8, 4) is 5.75 Å². The van der Waals surface area contributed by atoms with Crippen LogP contribution in [0.5, 0.6) is 5.75 Å². The number of primary amides is 1. The maximum Gasteiger partial charge on any atom is 0.252 e. The van der Waals surface area contributed by atoms with Crippen molar-refractivity contribution in [3.05, 3.63) is 59.7 Å². The van der Waals surface area contributed by atoms with Crippen molar-refractivity contribution in [2.75, 3.05) is 25.0 Å². The lowest BCUT2D eigenvalue weighted by Gasteiger charge is -2.25. The van der Waals surface area contributed by atoms with Crippen molar-refractivity contribution in [2.24, 2.45) is 11.7 Å². The monoisotopic (exact) mass is 411 g/mol. The standard InChI is InChI=1S/C24H33N3O3/c1-27(20-8-3-2-4-9-20)16-17-6-5-7-19(12-10-17)26-15-23(29)18-11-13-22(28)21(14-18)24(25)30/h2-4,8-9,11,13-14,17,19,23,26,28-29H,5-7,10,12,15-16H2,1H3,(H2,25,30)/t17-,19+,23?/m1/s1. The SMILES string of the molecule is CN(C[C@@H]1CCC[C@H](NCC(O)c2ccc(O)c(C(N)=O)c2)CC1)c1ccccc1. The lowest BCUT2D eigenvalue weighted by Crippen LogP contribution is -2.32. The Morgan fingerprint density at radius 3 is 2.67 bits per heavy atom. The topological polar surface area (TPSA) is 98.8 Å². The number of anilines is 1. The van der Waals surface area contributed by atoms with E-state index in [-0.39, 0.29) is 11.3 Å². The van der Waals surface area contributed by atoms with Crippen molar-refractivity contribution in [1.82, 2.24) is 5.32 Å². The summed E-state index contributed by atoms with van der Waals surface area (Å²) < 4.78 is 0. The van der Waals surface area contributed by atoms with E-state index in [2.05, 4.69) is 41.5 Å². The van der Waals surface area contributed by atoms with E-state index in [0.29, 0.717) is 24.1 Å². The molecule has 0 heterocycles. The number of carbonyl (C=O) groups excluding carboxylic acids is 1. The van der Waals surface area contributed by atoms with E-state index in [0.717, 1.165) is 25.8 Å². The first-order chi connectivity index (χ1) is 14.4. The first kappa shape index (κ1) is 22.1. The fraction of sp³-hybridized carbons (Fsp3) is 0.458. The summed E-state index contributed by atoms with van der Waals surface area (Å²) in [5, 5.41) is 23.7. The molecule has 6 heteroatoms. The number of para-hydroxylation sites is 1. The van der Waals surface area contributed by atoms with Gasteiger partial charge in [0.15, 0.2) is 0 Å². The minimum atomic E-state index is -0.757. The predicted octanol–water partition coefficient (Wildman–Crippen LogP) is 3.20. The Morgan fingerprint density at radius 2 is 1.93 bits per heavy atom. The maximum absolute atomic E-state index is 11.4. The largest absolute Gasteiger partial charge is 0.507 e. The fourth-order valence-electron chi connectivity index (χ4n) is 4.29. The Hall–Kier alpha value is -2.57. The van der Waals surface area contributed by atoms with Gasteiger partial charge in [0.25, 0.3) is 5.91 Å². The van der Waals surface area contributed by atoms with Gasteiger partial charge in [0.2, 0.25) is 0 Å². The second kappa shape index (κ2) is 10.5. The molecule has 0 aliphatic heterocycles. The van der Waals surface area contributed by atoms with Crippen LogP contribution in [0.3, 0.4) is 0 Å². The molecule has 6 nitrogen and oxygen atoms in total. The van der Waals surface area contributed by atoms with Crippen LogP contribution in [0, 0.1) is 5.92 Å². The van der Waals surface area contributed by atoms with Crippen LogP contribution in [0.1, 0.15) is 54.1 Å². The predicted molar refractivity (Wildman–Crippen MR) is 120 cm³/mol. The molecule has 0 radical (unpaired) electrons. The molecule has 2 aromatic carbocycles. The molecule has 3 rings (SSSR count). The van der Waals surface area contributed by atoms with E-state index in [1.165, 1.54) is 30.7 Å². The molecule has 1 aliphatic carbocycles. The Kier molecular flexibility index (Phi) is 7.71. The first-order valence-corrected chi connectivity index (χ1v) is 10.7. The van der Waals surface area contributed by atoms with Gasteiger partial charge in [-0.3, -0.25) is 4.79 Å². The number of rotatable bonds is 8. The van der Waals surface area contributed by atoms with E-state index in [4.69, 9.17) is 5.73 Å². The van der Waals surface area contributed by atoms with Crippen molar-refractivity contribution in [1.29, 1.82) is 0 Å². The minimum absolute atomic E-state index is 0.0337. The molecule has 0 aromatic heterocycles. The number of aromatic hydroxyl groups is 1. The molecule has 1 unspecified atom stereocenters. The Morgan fingerprint density at radius 1 is 1.17 bits per heavy atom. The zero-order valence-corrected chi connectivity index (χ0v) is 17.6. The third kappa shape index (κ3) is 5.97. The van der Waals surface area contributed by atoms with Gasteiger partial charge in [0.1, 0.15) is 5.75 Å². The fourth-order valence-corrected chi connectivity index (χ4v) is 4.29. The molecule has 2 aromatic rings. The number of nitrogens with one attached hydrogen (secondary N) is 1. The van der Waals surface area contributed by atoms with Crippen LogP contribution in [0.15, 0.2) is 48.5 Å². The smallest absolute Gasteiger partial charge is 0.252 e. The molecule has 0 spiro atoms. The zero-order valence-electron chi connectivity index (χ0n) is 17.6. The molecule has 5 N–H and O–H groups in total. The lowest BCUT2D eigenvalue weighted by molar-refractivity contribution is 0.0997. The third-order valence-electron chi connectivity index (χ3n) is 6.09. The van der Waals surface area contributed by atoms with Crippen LogP contribution in [0.4, 0.5) is 5.69 Å². The molecule has 162 valence electrons. The van der Waals surface area contributed by atoms with Crippen molar-refractivity contribution >= 4 is 11.6 Å². The van der Waals surface area contributed by atoms with Crippen molar-refractivity contribution in [3.63, 3.8) is 0 Å². The van der Waals surface area contributed by atoms with Gasteiger partial charge in [0, 0.05) is 31.9 Å². The third-order valence-corrected chi connectivity index (χ3v) is 6.09. The summed E-state index contributed by atoms with van der Waals surface area (Å²) in [6.07, 6.45) is 4.98. The highest BCUT2D eigenvalue weighted by molar-refractivity contribution is 5.95. The van der Waals surface area contributed by atoms with Crippen molar-refractivity contribution in [2.45, 2.75) is 44.2 Å². The molecular formula is C24H33N3O3. The maximum atomic E-state index is 11.4. The summed E-state index contributed by atoms with van der Waals surface area (Å²) in [6.45, 7) is 1.46. The second-order valence-corrected chi connectivity index (χ2v) is 8.35. The van der Waals surface area contributed by atoms with Gasteiger partial charge in [-0.25, -0.2) is 0 Å². The molecular weight excluding hydrogens is 378 g/mol. The van der Waals surface area contributed by atoms with E-state index < -0.39 is 12.0 Å². The van der Waals surface area contributed by atoms with E-state index in [1.54, 1.807) is 6.07 Å². The van der Waals surface area contributed by atoms with Crippen molar-refractivity contribution < 1.29 is 15.0 Å². The summed E-state index contributed by atoms with van der Waals surface area (Å²) in [6, 6.07) is 15.3. The van der Waals surface area contributed by atoms with Crippen LogP contribution in [-0.4, -0.2) is 42.3 Å². The summed E-state index contributed by atoms with van der Waals surface area (Å²) in [4.78, 5) is 13.7. The highest BCUT2D eigenvalue weighted by Crippen LogP contribution is 2.26. The number of hydrogen-bond donors (Lipinski definition) is 4. The lowest BCUT2D eigenvalue weighted by atomic mass is 9.99. The molecule has 1 amide bonds. The Bertz CT molecular complexity index is 828. The summed E-state index contributed by atoms with van der Waals surface area (Å²) in [7, 11) is 2.16. The average molecular weight is 412 g/mol. The number of hydrogen-bond acceptors (Lipinski definition) is 5. The zero-order chi connectivity index (χ0) is 21.5. The van der Waals surface area contributed by atoms with E-state index >= 15 is 0 Å². The van der Waals surface area contributed by atoms with Crippen LogP contribution in [0.2, 0.25) is 0 Å². The van der Waals surface area contributed by atoms with Gasteiger partial charge < -0.3 is 26.2 Å². The van der Waals surface area contributed by atoms with Crippen LogP contribution < -0.4 is 16.0 Å². The highest BCUT2D eigenvalue weighted by Gasteiger charge is 2.21. The number of aliphatic hydroxyl groups is 1. The number of aliphatic hydroxyl groups excluding tert-OH is 1. The molecule has 0 bridgehead atoms. The molecule has 1 saturated carbocycles. The Balaban J connectivity index is 1.48. The van der Waals surface area contributed by atoms with E-state index in [9.17, 15) is 15.0 Å². The molecule has 3 atom stereocenters. The number of benzene rings is 2. The van der Waals surface area contributed by atoms with Gasteiger partial charge in [-0.15, -0.1) is 0 Å². The minimum Gasteiger partial charge on any atom is -0.507 e. The summed E-state index contributed by atoms with van der Waals surface area (Å²) in [5.41, 5.74) is 7.14. The van der Waals surface area contributed by atoms with Gasteiger partial charge in [0.05, 0.1) is 11.7 Å². The summed E-state index contributed by atoms with van der Waals surface area (Å²) >= 11 is 0.